The molecule has 0 saturated heterocycles. The minimum Gasteiger partial charge on any atom is -0.493 e. The zero-order valence-electron chi connectivity index (χ0n) is 13.8. The van der Waals surface area contributed by atoms with E-state index in [4.69, 9.17) is 14.9 Å². The van der Waals surface area contributed by atoms with E-state index in [0.717, 1.165) is 18.6 Å². The van der Waals surface area contributed by atoms with Crippen molar-refractivity contribution < 1.29 is 28.1 Å². The molecule has 2 N–H and O–H groups in total. The van der Waals surface area contributed by atoms with E-state index < -0.39 is 18.0 Å². The van der Waals surface area contributed by atoms with Crippen LogP contribution in [0, 0.1) is 5.92 Å². The van der Waals surface area contributed by atoms with E-state index in [1.165, 1.54) is 38.7 Å². The van der Waals surface area contributed by atoms with E-state index in [-0.39, 0.29) is 5.75 Å². The molecule has 1 aliphatic carbocycles. The van der Waals surface area contributed by atoms with Crippen molar-refractivity contribution in [2.24, 2.45) is 5.92 Å². The molecule has 0 aliphatic heterocycles. The van der Waals surface area contributed by atoms with Crippen LogP contribution in [0.15, 0.2) is 36.4 Å². The van der Waals surface area contributed by atoms with Gasteiger partial charge in [0.25, 0.3) is 0 Å². The van der Waals surface area contributed by atoms with Crippen molar-refractivity contribution in [1.82, 2.24) is 0 Å². The fourth-order valence-electron chi connectivity index (χ4n) is 2.45. The second kappa shape index (κ2) is 10.4. The fraction of sp³-hybridized carbons (Fsp3) is 0.556. The van der Waals surface area contributed by atoms with Crippen LogP contribution in [0.4, 0.5) is 13.2 Å². The third kappa shape index (κ3) is 8.93. The molecule has 0 aromatic heterocycles. The largest absolute Gasteiger partial charge is 0.493 e. The molecule has 1 aromatic carbocycles. The number of alkyl halides is 3. The van der Waals surface area contributed by atoms with Crippen LogP contribution in [0.25, 0.3) is 0 Å². The van der Waals surface area contributed by atoms with Gasteiger partial charge in [-0.15, -0.1) is 0 Å². The van der Waals surface area contributed by atoms with E-state index in [1.807, 2.05) is 0 Å². The summed E-state index contributed by atoms with van der Waals surface area (Å²) >= 11 is 0. The highest BCUT2D eigenvalue weighted by molar-refractivity contribution is 5.30. The number of hydrogen-bond donors (Lipinski definition) is 2. The third-order valence-corrected chi connectivity index (χ3v) is 3.52. The summed E-state index contributed by atoms with van der Waals surface area (Å²) in [4.78, 5) is 0. The first-order valence-electron chi connectivity index (χ1n) is 8.12. The number of aliphatic hydroxyl groups is 2. The topological polar surface area (TPSA) is 49.7 Å². The lowest BCUT2D eigenvalue weighted by Gasteiger charge is -2.09. The van der Waals surface area contributed by atoms with Crippen molar-refractivity contribution in [3.63, 3.8) is 0 Å². The molecule has 3 nitrogen and oxygen atoms in total. The van der Waals surface area contributed by atoms with Crippen molar-refractivity contribution in [3.05, 3.63) is 42.0 Å². The lowest BCUT2D eigenvalue weighted by atomic mass is 10.1. The lowest BCUT2D eigenvalue weighted by molar-refractivity contribution is -0.137. The van der Waals surface area contributed by atoms with Gasteiger partial charge in [-0.25, -0.2) is 0 Å². The number of allylic oxidation sites excluding steroid dienone is 1. The molecule has 0 spiro atoms. The number of ether oxygens (including phenoxy) is 1. The summed E-state index contributed by atoms with van der Waals surface area (Å²) in [5, 5.41) is 15.2. The van der Waals surface area contributed by atoms with Gasteiger partial charge >= 0.3 is 6.18 Å². The van der Waals surface area contributed by atoms with E-state index in [1.54, 1.807) is 6.07 Å². The summed E-state index contributed by atoms with van der Waals surface area (Å²) in [6, 6.07) is 5.01. The maximum atomic E-state index is 12.5. The number of aliphatic hydroxyl groups excluding tert-OH is 1. The molecule has 1 fully saturated rings. The van der Waals surface area contributed by atoms with E-state index in [2.05, 4.69) is 12.2 Å². The maximum Gasteiger partial charge on any atom is 0.416 e. The molecule has 1 aliphatic rings. The summed E-state index contributed by atoms with van der Waals surface area (Å²) in [7, 11) is 0. The van der Waals surface area contributed by atoms with Gasteiger partial charge in [0.05, 0.1) is 12.2 Å². The fourth-order valence-corrected chi connectivity index (χ4v) is 2.45. The average Bonchev–Trinajstić information content (AvgIpc) is 2.99. The van der Waals surface area contributed by atoms with Gasteiger partial charge in [0.2, 0.25) is 0 Å². The second-order valence-electron chi connectivity index (χ2n) is 5.77. The van der Waals surface area contributed by atoms with Crippen molar-refractivity contribution in [2.45, 2.75) is 51.5 Å². The highest BCUT2D eigenvalue weighted by atomic mass is 19.4. The molecule has 2 rings (SSSR count). The molecular weight excluding hydrogens is 321 g/mol. The van der Waals surface area contributed by atoms with Gasteiger partial charge in [0, 0.05) is 0 Å². The first-order chi connectivity index (χ1) is 11.3. The molecule has 0 radical (unpaired) electrons. The van der Waals surface area contributed by atoms with Gasteiger partial charge in [-0.3, -0.25) is 0 Å². The third-order valence-electron chi connectivity index (χ3n) is 3.52. The van der Waals surface area contributed by atoms with Crippen molar-refractivity contribution in [1.29, 1.82) is 0 Å². The van der Waals surface area contributed by atoms with Crippen LogP contribution >= 0.6 is 0 Å². The van der Waals surface area contributed by atoms with Crippen LogP contribution in [0.3, 0.4) is 0 Å². The Kier molecular flexibility index (Phi) is 8.85. The number of rotatable bonds is 5. The second-order valence-corrected chi connectivity index (χ2v) is 5.77. The summed E-state index contributed by atoms with van der Waals surface area (Å²) in [5.41, 5.74) is -0.670. The molecule has 1 saturated carbocycles. The van der Waals surface area contributed by atoms with Crippen molar-refractivity contribution in [3.8, 4) is 5.75 Å². The Balaban J connectivity index is 0.000000648. The van der Waals surface area contributed by atoms with Crippen LogP contribution in [-0.2, 0) is 6.18 Å². The summed E-state index contributed by atoms with van der Waals surface area (Å²) in [5.74, 6) is 0.956. The quantitative estimate of drug-likeness (QED) is 0.468. The van der Waals surface area contributed by atoms with Gasteiger partial charge in [-0.05, 0) is 50.3 Å². The van der Waals surface area contributed by atoms with Crippen LogP contribution in [-0.4, -0.2) is 23.1 Å². The first-order valence-corrected chi connectivity index (χ1v) is 8.12. The SMILES string of the molecule is CC(O)O.FC(F)(F)c1cccc(OCC/C=C/C2CCCC2)c1. The van der Waals surface area contributed by atoms with Gasteiger partial charge in [-0.2, -0.15) is 13.2 Å². The maximum absolute atomic E-state index is 12.5. The van der Waals surface area contributed by atoms with Gasteiger partial charge in [0.15, 0.2) is 0 Å². The molecule has 0 heterocycles. The van der Waals surface area contributed by atoms with E-state index >= 15 is 0 Å². The van der Waals surface area contributed by atoms with Gasteiger partial charge in [-0.1, -0.05) is 31.1 Å². The van der Waals surface area contributed by atoms with E-state index in [0.29, 0.717) is 12.5 Å². The molecule has 0 bridgehead atoms. The van der Waals surface area contributed by atoms with Crippen molar-refractivity contribution >= 4 is 0 Å². The predicted octanol–water partition coefficient (Wildman–Crippen LogP) is 4.54. The molecule has 24 heavy (non-hydrogen) atoms. The number of hydrogen-bond acceptors (Lipinski definition) is 3. The lowest BCUT2D eigenvalue weighted by Crippen LogP contribution is -2.05. The standard InChI is InChI=1S/C16H19F3O.C2H6O2/c17-16(18,19)14-9-5-10-15(12-14)20-11-4-3-8-13-6-1-2-7-13;1-2(3)4/h3,5,8-10,12-13H,1-2,4,6-7,11H2;2-4H,1H3/b8-3+;. The van der Waals surface area contributed by atoms with Gasteiger partial charge in [0.1, 0.15) is 12.0 Å². The minimum atomic E-state index is -4.32. The molecule has 1 aromatic rings. The Hall–Kier alpha value is -1.53. The molecule has 6 heteroatoms. The van der Waals surface area contributed by atoms with Gasteiger partial charge < -0.3 is 14.9 Å². The molecule has 0 amide bonds. The first kappa shape index (κ1) is 20.5. The predicted molar refractivity (Wildman–Crippen MR) is 86.6 cm³/mol. The normalized spacial score (nSPS) is 15.6. The highest BCUT2D eigenvalue weighted by Gasteiger charge is 2.30. The zero-order valence-corrected chi connectivity index (χ0v) is 13.8. The Morgan fingerprint density at radius 1 is 1.25 bits per heavy atom. The Morgan fingerprint density at radius 3 is 2.46 bits per heavy atom. The van der Waals surface area contributed by atoms with Crippen LogP contribution in [0.5, 0.6) is 5.75 Å². The molecular formula is C18H25F3O3. The smallest absolute Gasteiger partial charge is 0.416 e. The molecule has 0 unspecified atom stereocenters. The average molecular weight is 346 g/mol. The van der Waals surface area contributed by atoms with Crippen LogP contribution in [0.1, 0.15) is 44.6 Å². The summed E-state index contributed by atoms with van der Waals surface area (Å²) in [6.07, 6.45) is 4.64. The van der Waals surface area contributed by atoms with Crippen LogP contribution in [0.2, 0.25) is 0 Å². The zero-order chi connectivity index (χ0) is 18.0. The van der Waals surface area contributed by atoms with Crippen molar-refractivity contribution in [2.75, 3.05) is 6.61 Å². The highest BCUT2D eigenvalue weighted by Crippen LogP contribution is 2.31. The monoisotopic (exact) mass is 346 g/mol. The van der Waals surface area contributed by atoms with Crippen LogP contribution < -0.4 is 4.74 Å². The summed E-state index contributed by atoms with van der Waals surface area (Å²) < 4.78 is 42.9. The summed E-state index contributed by atoms with van der Waals surface area (Å²) in [6.45, 7) is 1.69. The Labute approximate surface area is 140 Å². The minimum absolute atomic E-state index is 0.272. The molecule has 0 atom stereocenters. The Bertz CT molecular complexity index is 490. The number of halogens is 3. The van der Waals surface area contributed by atoms with E-state index in [9.17, 15) is 13.2 Å². The molecule has 136 valence electrons. The Morgan fingerprint density at radius 2 is 1.88 bits per heavy atom. The number of benzene rings is 1.